The van der Waals surface area contributed by atoms with E-state index >= 15 is 0 Å². The van der Waals surface area contributed by atoms with E-state index in [4.69, 9.17) is 4.74 Å². The smallest absolute Gasteiger partial charge is 0.134 e. The van der Waals surface area contributed by atoms with E-state index in [1.165, 1.54) is 17.5 Å². The average Bonchev–Trinajstić information content (AvgIpc) is 2.51. The Morgan fingerprint density at radius 2 is 1.86 bits per heavy atom. The van der Waals surface area contributed by atoms with Crippen molar-refractivity contribution in [2.45, 2.75) is 18.9 Å². The lowest BCUT2D eigenvalue weighted by atomic mass is 10.1. The Labute approximate surface area is 140 Å². The van der Waals surface area contributed by atoms with Gasteiger partial charge in [0.15, 0.2) is 0 Å². The zero-order valence-corrected chi connectivity index (χ0v) is 14.1. The third-order valence-corrected chi connectivity index (χ3v) is 4.20. The molecule has 0 spiro atoms. The highest BCUT2D eigenvalue weighted by molar-refractivity contribution is 9.10. The van der Waals surface area contributed by atoms with Gasteiger partial charge in [0, 0.05) is 6.54 Å². The molecule has 2 nitrogen and oxygen atoms in total. The molecule has 1 atom stereocenters. The molecule has 0 radical (unpaired) electrons. The molecule has 1 fully saturated rings. The molecular weight excluding hydrogens is 350 g/mol. The van der Waals surface area contributed by atoms with Crippen molar-refractivity contribution >= 4 is 28.3 Å². The maximum absolute atomic E-state index is 6.07. The van der Waals surface area contributed by atoms with Crippen molar-refractivity contribution in [3.63, 3.8) is 0 Å². The van der Waals surface area contributed by atoms with Crippen molar-refractivity contribution in [1.29, 1.82) is 0 Å². The summed E-state index contributed by atoms with van der Waals surface area (Å²) in [6.07, 6.45) is 2.59. The Hall–Kier alpha value is -1.03. The number of rotatable bonds is 3. The van der Waals surface area contributed by atoms with Gasteiger partial charge in [0.05, 0.1) is 4.47 Å². The lowest BCUT2D eigenvalue weighted by molar-refractivity contribution is 0.166. The number of hydrogen-bond acceptors (Lipinski definition) is 2. The van der Waals surface area contributed by atoms with E-state index < -0.39 is 0 Å². The standard InChI is InChI=1S/C17H18BrNO.ClH/c18-16-11-14(13-5-2-1-3-6-13)8-9-17(16)20-15-7-4-10-19-12-15;/h1-3,5-6,8-9,11,15,19H,4,7,10,12H2;1H. The molecule has 1 N–H and O–H groups in total. The van der Waals surface area contributed by atoms with Gasteiger partial charge in [-0.15, -0.1) is 12.4 Å². The minimum atomic E-state index is 0. The molecule has 112 valence electrons. The van der Waals surface area contributed by atoms with E-state index in [0.717, 1.165) is 29.7 Å². The number of piperidine rings is 1. The average molecular weight is 369 g/mol. The van der Waals surface area contributed by atoms with Crippen molar-refractivity contribution in [2.75, 3.05) is 13.1 Å². The Balaban J connectivity index is 0.00000161. The van der Waals surface area contributed by atoms with Gasteiger partial charge in [-0.3, -0.25) is 0 Å². The fourth-order valence-corrected chi connectivity index (χ4v) is 2.98. The number of benzene rings is 2. The molecule has 0 amide bonds. The Bertz CT molecular complexity index is 570. The third-order valence-electron chi connectivity index (χ3n) is 3.58. The van der Waals surface area contributed by atoms with Crippen LogP contribution in [0.25, 0.3) is 11.1 Å². The van der Waals surface area contributed by atoms with Crippen LogP contribution in [0.2, 0.25) is 0 Å². The lowest BCUT2D eigenvalue weighted by Crippen LogP contribution is -2.37. The quantitative estimate of drug-likeness (QED) is 0.850. The van der Waals surface area contributed by atoms with E-state index in [1.807, 2.05) is 6.07 Å². The number of halogens is 2. The second-order valence-electron chi connectivity index (χ2n) is 5.10. The van der Waals surface area contributed by atoms with Gasteiger partial charge in [0.25, 0.3) is 0 Å². The van der Waals surface area contributed by atoms with Gasteiger partial charge < -0.3 is 10.1 Å². The monoisotopic (exact) mass is 367 g/mol. The maximum Gasteiger partial charge on any atom is 0.134 e. The number of hydrogen-bond donors (Lipinski definition) is 1. The summed E-state index contributed by atoms with van der Waals surface area (Å²) in [5, 5.41) is 3.37. The first-order valence-electron chi connectivity index (χ1n) is 7.05. The normalized spacial score (nSPS) is 17.9. The SMILES string of the molecule is Brc1cc(-c2ccccc2)ccc1OC1CCCNC1.Cl. The van der Waals surface area contributed by atoms with Gasteiger partial charge in [-0.05, 0) is 58.6 Å². The molecule has 0 aliphatic carbocycles. The maximum atomic E-state index is 6.07. The first-order chi connectivity index (χ1) is 9.83. The first kappa shape index (κ1) is 16.3. The van der Waals surface area contributed by atoms with Gasteiger partial charge in [0.1, 0.15) is 11.9 Å². The first-order valence-corrected chi connectivity index (χ1v) is 7.84. The van der Waals surface area contributed by atoms with Crippen LogP contribution in [0.15, 0.2) is 53.0 Å². The number of ether oxygens (including phenoxy) is 1. The summed E-state index contributed by atoms with van der Waals surface area (Å²) in [5.74, 6) is 0.929. The fourth-order valence-electron chi connectivity index (χ4n) is 2.51. The van der Waals surface area contributed by atoms with Crippen LogP contribution in [0.5, 0.6) is 5.75 Å². The molecule has 0 aromatic heterocycles. The molecule has 1 saturated heterocycles. The summed E-state index contributed by atoms with van der Waals surface area (Å²) in [6, 6.07) is 16.7. The van der Waals surface area contributed by atoms with Crippen molar-refractivity contribution in [1.82, 2.24) is 5.32 Å². The summed E-state index contributed by atoms with van der Waals surface area (Å²) in [4.78, 5) is 0. The molecule has 4 heteroatoms. The molecule has 1 aliphatic rings. The molecule has 21 heavy (non-hydrogen) atoms. The molecule has 1 heterocycles. The molecule has 1 aliphatic heterocycles. The summed E-state index contributed by atoms with van der Waals surface area (Å²) in [6.45, 7) is 2.04. The minimum absolute atomic E-state index is 0. The Morgan fingerprint density at radius 3 is 2.52 bits per heavy atom. The van der Waals surface area contributed by atoms with Crippen LogP contribution in [0.3, 0.4) is 0 Å². The van der Waals surface area contributed by atoms with E-state index in [0.29, 0.717) is 0 Å². The zero-order chi connectivity index (χ0) is 13.8. The highest BCUT2D eigenvalue weighted by Gasteiger charge is 2.15. The molecule has 2 aromatic carbocycles. The van der Waals surface area contributed by atoms with Crippen molar-refractivity contribution in [3.8, 4) is 16.9 Å². The summed E-state index contributed by atoms with van der Waals surface area (Å²) in [7, 11) is 0. The minimum Gasteiger partial charge on any atom is -0.488 e. The highest BCUT2D eigenvalue weighted by atomic mass is 79.9. The van der Waals surface area contributed by atoms with E-state index in [2.05, 4.69) is 63.7 Å². The molecule has 0 bridgehead atoms. The predicted octanol–water partition coefficient (Wildman–Crippen LogP) is 4.67. The topological polar surface area (TPSA) is 21.3 Å². The van der Waals surface area contributed by atoms with Crippen molar-refractivity contribution in [3.05, 3.63) is 53.0 Å². The van der Waals surface area contributed by atoms with Crippen molar-refractivity contribution < 1.29 is 4.74 Å². The third kappa shape index (κ3) is 4.22. The fraction of sp³-hybridized carbons (Fsp3) is 0.294. The second kappa shape index (κ2) is 7.83. The molecule has 1 unspecified atom stereocenters. The lowest BCUT2D eigenvalue weighted by Gasteiger charge is -2.24. The van der Waals surface area contributed by atoms with Gasteiger partial charge in [-0.25, -0.2) is 0 Å². The largest absolute Gasteiger partial charge is 0.488 e. The van der Waals surface area contributed by atoms with Crippen LogP contribution in [-0.2, 0) is 0 Å². The molecule has 3 rings (SSSR count). The number of nitrogens with one attached hydrogen (secondary N) is 1. The Kier molecular flexibility index (Phi) is 6.09. The summed E-state index contributed by atoms with van der Waals surface area (Å²) >= 11 is 3.63. The van der Waals surface area contributed by atoms with Gasteiger partial charge in [-0.2, -0.15) is 0 Å². The highest BCUT2D eigenvalue weighted by Crippen LogP contribution is 2.31. The summed E-state index contributed by atoms with van der Waals surface area (Å²) < 4.78 is 7.09. The predicted molar refractivity (Wildman–Crippen MR) is 93.3 cm³/mol. The van der Waals surface area contributed by atoms with Crippen LogP contribution in [-0.4, -0.2) is 19.2 Å². The van der Waals surface area contributed by atoms with E-state index in [9.17, 15) is 0 Å². The van der Waals surface area contributed by atoms with Crippen LogP contribution in [0, 0.1) is 0 Å². The van der Waals surface area contributed by atoms with E-state index in [1.54, 1.807) is 0 Å². The van der Waals surface area contributed by atoms with Gasteiger partial charge >= 0.3 is 0 Å². The van der Waals surface area contributed by atoms with Gasteiger partial charge in [-0.1, -0.05) is 36.4 Å². The second-order valence-corrected chi connectivity index (χ2v) is 5.95. The Morgan fingerprint density at radius 1 is 1.05 bits per heavy atom. The molecule has 2 aromatic rings. The zero-order valence-electron chi connectivity index (χ0n) is 11.7. The van der Waals surface area contributed by atoms with Crippen LogP contribution < -0.4 is 10.1 Å². The van der Waals surface area contributed by atoms with E-state index in [-0.39, 0.29) is 18.5 Å². The summed E-state index contributed by atoms with van der Waals surface area (Å²) in [5.41, 5.74) is 2.42. The van der Waals surface area contributed by atoms with Crippen LogP contribution in [0.4, 0.5) is 0 Å². The van der Waals surface area contributed by atoms with Gasteiger partial charge in [0.2, 0.25) is 0 Å². The molecule has 0 saturated carbocycles. The molecular formula is C17H19BrClNO. The van der Waals surface area contributed by atoms with Crippen molar-refractivity contribution in [2.24, 2.45) is 0 Å². The van der Waals surface area contributed by atoms with Crippen LogP contribution >= 0.6 is 28.3 Å². The van der Waals surface area contributed by atoms with Crippen LogP contribution in [0.1, 0.15) is 12.8 Å².